The third-order valence-corrected chi connectivity index (χ3v) is 5.47. The molecule has 26 heavy (non-hydrogen) atoms. The van der Waals surface area contributed by atoms with Crippen LogP contribution in [0.15, 0.2) is 23.4 Å². The molecule has 2 aliphatic heterocycles. The van der Waals surface area contributed by atoms with Gasteiger partial charge in [-0.1, -0.05) is 24.4 Å². The first kappa shape index (κ1) is 16.9. The molecule has 1 saturated carbocycles. The normalized spacial score (nSPS) is 25.8. The molecule has 1 saturated heterocycles. The van der Waals surface area contributed by atoms with E-state index in [9.17, 15) is 9.59 Å². The minimum absolute atomic E-state index is 0.00963. The van der Waals surface area contributed by atoms with Crippen LogP contribution < -0.4 is 9.47 Å². The topological polar surface area (TPSA) is 77.4 Å². The Balaban J connectivity index is 1.63. The van der Waals surface area contributed by atoms with E-state index >= 15 is 0 Å². The predicted molar refractivity (Wildman–Crippen MR) is 93.2 cm³/mol. The lowest BCUT2D eigenvalue weighted by atomic mass is 9.93. The number of hydrogen-bond donors (Lipinski definition) is 0. The largest absolute Gasteiger partial charge is 0.493 e. The summed E-state index contributed by atoms with van der Waals surface area (Å²) in [5, 5.41) is 4.05. The zero-order valence-electron chi connectivity index (χ0n) is 14.9. The highest BCUT2D eigenvalue weighted by Gasteiger charge is 2.57. The van der Waals surface area contributed by atoms with E-state index in [1.54, 1.807) is 32.4 Å². The second-order valence-electron chi connectivity index (χ2n) is 6.89. The highest BCUT2D eigenvalue weighted by atomic mass is 16.7. The fraction of sp³-hybridized carbons (Fsp3) is 0.526. The summed E-state index contributed by atoms with van der Waals surface area (Å²) in [5.41, 5.74) is 1.18. The van der Waals surface area contributed by atoms with Crippen LogP contribution in [-0.2, 0) is 14.4 Å². The highest BCUT2D eigenvalue weighted by Crippen LogP contribution is 2.37. The van der Waals surface area contributed by atoms with Crippen LogP contribution in [0.3, 0.4) is 0 Å². The molecule has 3 aliphatic rings. The maximum atomic E-state index is 13.0. The van der Waals surface area contributed by atoms with Gasteiger partial charge in [0.15, 0.2) is 11.5 Å². The monoisotopic (exact) mass is 358 g/mol. The van der Waals surface area contributed by atoms with Crippen molar-refractivity contribution in [3.63, 3.8) is 0 Å². The molecular formula is C19H22N2O5. The molecule has 1 aliphatic carbocycles. The Kier molecular flexibility index (Phi) is 4.30. The molecule has 7 nitrogen and oxygen atoms in total. The van der Waals surface area contributed by atoms with Gasteiger partial charge in [0.2, 0.25) is 12.0 Å². The molecule has 0 spiro atoms. The van der Waals surface area contributed by atoms with E-state index in [0.717, 1.165) is 32.1 Å². The van der Waals surface area contributed by atoms with Crippen molar-refractivity contribution in [2.75, 3.05) is 14.2 Å². The molecule has 138 valence electrons. The van der Waals surface area contributed by atoms with Crippen LogP contribution >= 0.6 is 0 Å². The van der Waals surface area contributed by atoms with Crippen molar-refractivity contribution in [1.29, 1.82) is 0 Å². The van der Waals surface area contributed by atoms with Crippen molar-refractivity contribution in [2.24, 2.45) is 11.1 Å². The summed E-state index contributed by atoms with van der Waals surface area (Å²) < 4.78 is 10.6. The molecule has 1 aromatic rings. The molecule has 2 unspecified atom stereocenters. The second-order valence-corrected chi connectivity index (χ2v) is 6.89. The zero-order valence-corrected chi connectivity index (χ0v) is 14.9. The number of nitrogens with zero attached hydrogens (tertiary/aromatic N) is 2. The van der Waals surface area contributed by atoms with E-state index in [-0.39, 0.29) is 17.9 Å². The number of likely N-dealkylation sites (tertiary alicyclic amines) is 1. The molecule has 0 bridgehead atoms. The van der Waals surface area contributed by atoms with Gasteiger partial charge < -0.3 is 14.3 Å². The molecule has 2 fully saturated rings. The molecule has 2 amide bonds. The van der Waals surface area contributed by atoms with Crippen LogP contribution in [0.5, 0.6) is 11.5 Å². The van der Waals surface area contributed by atoms with Crippen LogP contribution in [-0.4, -0.2) is 48.8 Å². The SMILES string of the molecule is COc1ccc(C2=NOC3C(=O)N(C4CCCCC4)C(=O)C23)cc1OC. The van der Waals surface area contributed by atoms with Crippen LogP contribution in [0.4, 0.5) is 0 Å². The molecule has 4 rings (SSSR count). The van der Waals surface area contributed by atoms with Crippen molar-refractivity contribution in [3.05, 3.63) is 23.8 Å². The number of imide groups is 1. The van der Waals surface area contributed by atoms with Gasteiger partial charge in [0.1, 0.15) is 11.6 Å². The van der Waals surface area contributed by atoms with Crippen molar-refractivity contribution in [3.8, 4) is 11.5 Å². The van der Waals surface area contributed by atoms with Gasteiger partial charge in [-0.05, 0) is 31.0 Å². The average molecular weight is 358 g/mol. The number of fused-ring (bicyclic) bond motifs is 1. The van der Waals surface area contributed by atoms with E-state index in [2.05, 4.69) is 5.16 Å². The van der Waals surface area contributed by atoms with Crippen molar-refractivity contribution < 1.29 is 23.9 Å². The molecule has 0 N–H and O–H groups in total. The first-order valence-electron chi connectivity index (χ1n) is 8.98. The van der Waals surface area contributed by atoms with Gasteiger partial charge in [0, 0.05) is 11.6 Å². The quantitative estimate of drug-likeness (QED) is 0.771. The fourth-order valence-corrected chi connectivity index (χ4v) is 4.13. The lowest BCUT2D eigenvalue weighted by Crippen LogP contribution is -2.43. The predicted octanol–water partition coefficient (Wildman–Crippen LogP) is 2.12. The van der Waals surface area contributed by atoms with E-state index in [0.29, 0.717) is 22.8 Å². The maximum absolute atomic E-state index is 13.0. The smallest absolute Gasteiger partial charge is 0.274 e. The first-order chi connectivity index (χ1) is 12.7. The summed E-state index contributed by atoms with van der Waals surface area (Å²) in [4.78, 5) is 32.6. The highest BCUT2D eigenvalue weighted by molar-refractivity contribution is 6.23. The van der Waals surface area contributed by atoms with Gasteiger partial charge in [0.05, 0.1) is 14.2 Å². The number of benzene rings is 1. The lowest BCUT2D eigenvalue weighted by molar-refractivity contribution is -0.145. The van der Waals surface area contributed by atoms with Gasteiger partial charge in [-0.2, -0.15) is 0 Å². The molecule has 1 aromatic carbocycles. The molecule has 2 heterocycles. The Morgan fingerprint density at radius 1 is 1.04 bits per heavy atom. The first-order valence-corrected chi connectivity index (χ1v) is 8.98. The van der Waals surface area contributed by atoms with Crippen molar-refractivity contribution in [2.45, 2.75) is 44.2 Å². The Morgan fingerprint density at radius 2 is 1.77 bits per heavy atom. The number of carbonyl (C=O) groups excluding carboxylic acids is 2. The van der Waals surface area contributed by atoms with Crippen LogP contribution in [0.2, 0.25) is 0 Å². The number of carbonyl (C=O) groups is 2. The summed E-state index contributed by atoms with van der Waals surface area (Å²) in [6.45, 7) is 0. The van der Waals surface area contributed by atoms with Crippen LogP contribution in [0.1, 0.15) is 37.7 Å². The molecule has 2 atom stereocenters. The zero-order chi connectivity index (χ0) is 18.3. The van der Waals surface area contributed by atoms with Gasteiger partial charge in [-0.25, -0.2) is 0 Å². The maximum Gasteiger partial charge on any atom is 0.274 e. The summed E-state index contributed by atoms with van der Waals surface area (Å²) in [7, 11) is 3.11. The second kappa shape index (κ2) is 6.63. The number of ether oxygens (including phenoxy) is 2. The van der Waals surface area contributed by atoms with Gasteiger partial charge >= 0.3 is 0 Å². The van der Waals surface area contributed by atoms with Crippen molar-refractivity contribution in [1.82, 2.24) is 4.90 Å². The van der Waals surface area contributed by atoms with Crippen LogP contribution in [0.25, 0.3) is 0 Å². The van der Waals surface area contributed by atoms with E-state index in [1.165, 1.54) is 4.90 Å². The Bertz CT molecular complexity index is 769. The molecule has 0 radical (unpaired) electrons. The van der Waals surface area contributed by atoms with Gasteiger partial charge in [0.25, 0.3) is 5.91 Å². The minimum atomic E-state index is -0.840. The average Bonchev–Trinajstić information content (AvgIpc) is 3.22. The lowest BCUT2D eigenvalue weighted by Gasteiger charge is -2.29. The summed E-state index contributed by atoms with van der Waals surface area (Å²) >= 11 is 0. The van der Waals surface area contributed by atoms with E-state index in [1.807, 2.05) is 0 Å². The summed E-state index contributed by atoms with van der Waals surface area (Å²) in [6.07, 6.45) is 4.17. The Hall–Kier alpha value is -2.57. The Morgan fingerprint density at radius 3 is 2.46 bits per heavy atom. The number of oxime groups is 1. The summed E-state index contributed by atoms with van der Waals surface area (Å²) in [5.74, 6) is -0.00591. The third kappa shape index (κ3) is 2.53. The van der Waals surface area contributed by atoms with Crippen LogP contribution in [0, 0.1) is 5.92 Å². The third-order valence-electron chi connectivity index (χ3n) is 5.47. The van der Waals surface area contributed by atoms with E-state index in [4.69, 9.17) is 14.3 Å². The standard InChI is InChI=1S/C19H22N2O5/c1-24-13-9-8-11(10-14(13)25-2)16-15-17(26-20-16)19(23)21(18(15)22)12-6-4-3-5-7-12/h8-10,12,15,17H,3-7H2,1-2H3. The number of amides is 2. The minimum Gasteiger partial charge on any atom is -0.493 e. The Labute approximate surface area is 151 Å². The molecule has 7 heteroatoms. The van der Waals surface area contributed by atoms with E-state index < -0.39 is 12.0 Å². The molecule has 0 aromatic heterocycles. The number of methoxy groups -OCH3 is 2. The number of hydrogen-bond acceptors (Lipinski definition) is 6. The summed E-state index contributed by atoms with van der Waals surface area (Å²) in [6, 6.07) is 5.30. The fourth-order valence-electron chi connectivity index (χ4n) is 4.13. The molecular weight excluding hydrogens is 336 g/mol. The van der Waals surface area contributed by atoms with Gasteiger partial charge in [-0.15, -0.1) is 0 Å². The van der Waals surface area contributed by atoms with Crippen molar-refractivity contribution >= 4 is 17.5 Å². The van der Waals surface area contributed by atoms with Gasteiger partial charge in [-0.3, -0.25) is 14.5 Å². The number of rotatable bonds is 4.